The summed E-state index contributed by atoms with van der Waals surface area (Å²) in [6.07, 6.45) is 3.33. The third-order valence-corrected chi connectivity index (χ3v) is 5.66. The van der Waals surface area contributed by atoms with E-state index in [0.717, 1.165) is 16.7 Å². The molecule has 2 heterocycles. The third kappa shape index (κ3) is 4.86. The van der Waals surface area contributed by atoms with Gasteiger partial charge in [0.1, 0.15) is 11.5 Å². The smallest absolute Gasteiger partial charge is 0.295 e. The number of pyridine rings is 1. The van der Waals surface area contributed by atoms with Crippen molar-refractivity contribution in [3.05, 3.63) is 101 Å². The Bertz CT molecular complexity index is 1230. The van der Waals surface area contributed by atoms with E-state index >= 15 is 0 Å². The second-order valence-electron chi connectivity index (χ2n) is 8.94. The van der Waals surface area contributed by atoms with Gasteiger partial charge in [-0.3, -0.25) is 14.6 Å². The Kier molecular flexibility index (Phi) is 6.77. The first-order valence-corrected chi connectivity index (χ1v) is 11.3. The SMILES string of the molecule is Cc1cccc(C2/C(=C(/O)c3cccc(OCC(C)C)c3)C(=O)C(=O)N2Cc2cccnc2)c1. The number of aryl methyl sites for hydroxylation is 1. The van der Waals surface area contributed by atoms with Crippen molar-refractivity contribution >= 4 is 17.4 Å². The summed E-state index contributed by atoms with van der Waals surface area (Å²) in [5.41, 5.74) is 3.05. The highest BCUT2D eigenvalue weighted by atomic mass is 16.5. The Morgan fingerprint density at radius 1 is 1.09 bits per heavy atom. The van der Waals surface area contributed by atoms with Gasteiger partial charge in [0.05, 0.1) is 18.2 Å². The van der Waals surface area contributed by atoms with Crippen LogP contribution in [0.5, 0.6) is 5.75 Å². The van der Waals surface area contributed by atoms with Gasteiger partial charge < -0.3 is 14.7 Å². The number of aliphatic hydroxyl groups is 1. The number of hydrogen-bond acceptors (Lipinski definition) is 5. The number of amides is 1. The maximum absolute atomic E-state index is 13.2. The lowest BCUT2D eigenvalue weighted by atomic mass is 9.94. The van der Waals surface area contributed by atoms with Gasteiger partial charge in [-0.15, -0.1) is 0 Å². The number of carbonyl (C=O) groups is 2. The standard InChI is InChI=1S/C28H28N2O4/c1-18(2)17-34-23-11-5-10-22(14-23)26(31)24-25(21-9-4-7-19(3)13-21)30(28(33)27(24)32)16-20-8-6-12-29-15-20/h4-15,18,25,31H,16-17H2,1-3H3/b26-24-. The molecule has 6 heteroatoms. The molecule has 174 valence electrons. The Hall–Kier alpha value is -3.93. The fraction of sp³-hybridized carbons (Fsp3) is 0.250. The topological polar surface area (TPSA) is 79.7 Å². The number of hydrogen-bond donors (Lipinski definition) is 1. The number of nitrogens with zero attached hydrogens (tertiary/aromatic N) is 2. The molecule has 0 saturated carbocycles. The summed E-state index contributed by atoms with van der Waals surface area (Å²) in [6.45, 7) is 6.78. The van der Waals surface area contributed by atoms with Crippen molar-refractivity contribution in [2.75, 3.05) is 6.61 Å². The van der Waals surface area contributed by atoms with Crippen LogP contribution in [0.2, 0.25) is 0 Å². The molecule has 1 aromatic heterocycles. The Morgan fingerprint density at radius 3 is 2.59 bits per heavy atom. The van der Waals surface area contributed by atoms with Crippen LogP contribution in [-0.2, 0) is 16.1 Å². The molecule has 6 nitrogen and oxygen atoms in total. The summed E-state index contributed by atoms with van der Waals surface area (Å²) in [7, 11) is 0. The molecule has 2 aromatic carbocycles. The van der Waals surface area contributed by atoms with E-state index in [1.165, 1.54) is 4.90 Å². The van der Waals surface area contributed by atoms with Gasteiger partial charge in [0, 0.05) is 24.5 Å². The summed E-state index contributed by atoms with van der Waals surface area (Å²) in [4.78, 5) is 32.0. The summed E-state index contributed by atoms with van der Waals surface area (Å²) in [5.74, 6) is -0.634. The lowest BCUT2D eigenvalue weighted by Crippen LogP contribution is -2.29. The predicted molar refractivity (Wildman–Crippen MR) is 130 cm³/mol. The zero-order valence-electron chi connectivity index (χ0n) is 19.6. The van der Waals surface area contributed by atoms with Gasteiger partial charge in [0.2, 0.25) is 0 Å². The molecule has 4 rings (SSSR count). The van der Waals surface area contributed by atoms with Gasteiger partial charge in [-0.25, -0.2) is 0 Å². The molecular weight excluding hydrogens is 428 g/mol. The second-order valence-corrected chi connectivity index (χ2v) is 8.94. The molecule has 1 N–H and O–H groups in total. The fourth-order valence-electron chi connectivity index (χ4n) is 4.07. The summed E-state index contributed by atoms with van der Waals surface area (Å²) < 4.78 is 5.79. The molecule has 0 spiro atoms. The van der Waals surface area contributed by atoms with E-state index in [9.17, 15) is 14.7 Å². The van der Waals surface area contributed by atoms with Crippen molar-refractivity contribution in [2.45, 2.75) is 33.4 Å². The van der Waals surface area contributed by atoms with Gasteiger partial charge >= 0.3 is 0 Å². The molecule has 0 aliphatic carbocycles. The lowest BCUT2D eigenvalue weighted by Gasteiger charge is -2.25. The summed E-state index contributed by atoms with van der Waals surface area (Å²) >= 11 is 0. The predicted octanol–water partition coefficient (Wildman–Crippen LogP) is 5.05. The number of rotatable bonds is 7. The zero-order chi connectivity index (χ0) is 24.2. The van der Waals surface area contributed by atoms with Crippen LogP contribution in [0.15, 0.2) is 78.6 Å². The molecule has 3 aromatic rings. The van der Waals surface area contributed by atoms with Gasteiger partial charge in [-0.1, -0.05) is 61.9 Å². The van der Waals surface area contributed by atoms with Crippen molar-refractivity contribution in [3.63, 3.8) is 0 Å². The maximum atomic E-state index is 13.2. The quantitative estimate of drug-likeness (QED) is 0.306. The van der Waals surface area contributed by atoms with E-state index in [1.807, 2.05) is 37.3 Å². The van der Waals surface area contributed by atoms with Crippen LogP contribution in [0.3, 0.4) is 0 Å². The van der Waals surface area contributed by atoms with E-state index in [-0.39, 0.29) is 17.9 Å². The molecule has 1 amide bonds. The first-order chi connectivity index (χ1) is 16.3. The van der Waals surface area contributed by atoms with Crippen LogP contribution in [0.25, 0.3) is 5.76 Å². The number of aromatic nitrogens is 1. The Labute approximate surface area is 199 Å². The zero-order valence-corrected chi connectivity index (χ0v) is 19.6. The molecule has 0 radical (unpaired) electrons. The molecule has 1 saturated heterocycles. The average Bonchev–Trinajstić information content (AvgIpc) is 3.08. The monoisotopic (exact) mass is 456 g/mol. The second kappa shape index (κ2) is 9.91. The van der Waals surface area contributed by atoms with Gasteiger partial charge in [-0.05, 0) is 42.2 Å². The van der Waals surface area contributed by atoms with Crippen molar-refractivity contribution in [3.8, 4) is 5.75 Å². The minimum absolute atomic E-state index is 0.0699. The molecular formula is C28H28N2O4. The van der Waals surface area contributed by atoms with Crippen molar-refractivity contribution in [2.24, 2.45) is 5.92 Å². The molecule has 1 fully saturated rings. The molecule has 1 unspecified atom stereocenters. The largest absolute Gasteiger partial charge is 0.507 e. The molecule has 1 aliphatic heterocycles. The maximum Gasteiger partial charge on any atom is 0.295 e. The number of Topliss-reactive ketones (excluding diaryl/α,β-unsaturated/α-hetero) is 1. The van der Waals surface area contributed by atoms with Gasteiger partial charge in [0.25, 0.3) is 11.7 Å². The highest BCUT2D eigenvalue weighted by Gasteiger charge is 2.46. The number of ether oxygens (including phenoxy) is 1. The van der Waals surface area contributed by atoms with E-state index < -0.39 is 17.7 Å². The van der Waals surface area contributed by atoms with E-state index in [4.69, 9.17) is 4.74 Å². The highest BCUT2D eigenvalue weighted by molar-refractivity contribution is 6.46. The third-order valence-electron chi connectivity index (χ3n) is 5.66. The van der Waals surface area contributed by atoms with Crippen LogP contribution in [-0.4, -0.2) is 33.3 Å². The number of aliphatic hydroxyl groups excluding tert-OH is 1. The van der Waals surface area contributed by atoms with Crippen LogP contribution >= 0.6 is 0 Å². The normalized spacial score (nSPS) is 17.4. The Balaban J connectivity index is 1.81. The minimum atomic E-state index is -0.722. The van der Waals surface area contributed by atoms with E-state index in [1.54, 1.807) is 42.7 Å². The van der Waals surface area contributed by atoms with Crippen LogP contribution in [0, 0.1) is 12.8 Å². The van der Waals surface area contributed by atoms with Crippen LogP contribution < -0.4 is 4.74 Å². The molecule has 0 bridgehead atoms. The van der Waals surface area contributed by atoms with Crippen molar-refractivity contribution in [1.82, 2.24) is 9.88 Å². The lowest BCUT2D eigenvalue weighted by molar-refractivity contribution is -0.140. The molecule has 1 aliphatic rings. The molecule has 1 atom stereocenters. The number of carbonyl (C=O) groups excluding carboxylic acids is 2. The van der Waals surface area contributed by atoms with Crippen molar-refractivity contribution in [1.29, 1.82) is 0 Å². The number of likely N-dealkylation sites (tertiary alicyclic amines) is 1. The summed E-state index contributed by atoms with van der Waals surface area (Å²) in [5, 5.41) is 11.3. The van der Waals surface area contributed by atoms with E-state index in [2.05, 4.69) is 18.8 Å². The van der Waals surface area contributed by atoms with Crippen LogP contribution in [0.4, 0.5) is 0 Å². The first-order valence-electron chi connectivity index (χ1n) is 11.3. The van der Waals surface area contributed by atoms with E-state index in [0.29, 0.717) is 23.8 Å². The van der Waals surface area contributed by atoms with Gasteiger partial charge in [-0.2, -0.15) is 0 Å². The number of ketones is 1. The molecule has 34 heavy (non-hydrogen) atoms. The number of benzene rings is 2. The average molecular weight is 457 g/mol. The highest BCUT2D eigenvalue weighted by Crippen LogP contribution is 2.40. The first kappa shape index (κ1) is 23.2. The van der Waals surface area contributed by atoms with Crippen molar-refractivity contribution < 1.29 is 19.4 Å². The van der Waals surface area contributed by atoms with Gasteiger partial charge in [0.15, 0.2) is 0 Å². The fourth-order valence-corrected chi connectivity index (χ4v) is 4.07. The van der Waals surface area contributed by atoms with Crippen LogP contribution in [0.1, 0.15) is 42.1 Å². The minimum Gasteiger partial charge on any atom is -0.507 e. The Morgan fingerprint density at radius 2 is 1.88 bits per heavy atom. The summed E-state index contributed by atoms with van der Waals surface area (Å²) in [6, 6.07) is 17.5.